The Bertz CT molecular complexity index is 476. The molecule has 3 N–H and O–H groups in total. The van der Waals surface area contributed by atoms with Gasteiger partial charge >= 0.3 is 0 Å². The lowest BCUT2D eigenvalue weighted by molar-refractivity contribution is -0.119. The molecule has 1 aromatic rings. The van der Waals surface area contributed by atoms with Crippen LogP contribution in [0.15, 0.2) is 18.2 Å². The number of para-hydroxylation sites is 1. The number of carbonyl (C=O) groups excluding carboxylic acids is 1. The zero-order valence-corrected chi connectivity index (χ0v) is 12.1. The van der Waals surface area contributed by atoms with Crippen LogP contribution in [0.5, 0.6) is 0 Å². The maximum Gasteiger partial charge on any atom is 0.227 e. The van der Waals surface area contributed by atoms with Gasteiger partial charge in [-0.3, -0.25) is 4.79 Å². The van der Waals surface area contributed by atoms with Gasteiger partial charge < -0.3 is 16.0 Å². The Morgan fingerprint density at radius 1 is 1.42 bits per heavy atom. The number of carbonyl (C=O) groups is 1. The van der Waals surface area contributed by atoms with Crippen LogP contribution in [-0.2, 0) is 4.79 Å². The normalized spacial score (nSPS) is 22.3. The molecule has 1 aliphatic carbocycles. The summed E-state index contributed by atoms with van der Waals surface area (Å²) in [5.74, 6) is 0.0577. The molecule has 1 aliphatic rings. The summed E-state index contributed by atoms with van der Waals surface area (Å²) >= 11 is 6.18. The average Bonchev–Trinajstić information content (AvgIpc) is 2.75. The molecule has 0 spiro atoms. The molecule has 1 fully saturated rings. The highest BCUT2D eigenvalue weighted by atomic mass is 35.5. The second kappa shape index (κ2) is 5.80. The van der Waals surface area contributed by atoms with E-state index in [4.69, 9.17) is 17.3 Å². The van der Waals surface area contributed by atoms with E-state index in [9.17, 15) is 4.79 Å². The lowest BCUT2D eigenvalue weighted by atomic mass is 10.1. The summed E-state index contributed by atoms with van der Waals surface area (Å²) in [6, 6.07) is 5.68. The molecule has 0 radical (unpaired) electrons. The van der Waals surface area contributed by atoms with Gasteiger partial charge in [0.15, 0.2) is 0 Å². The van der Waals surface area contributed by atoms with Crippen molar-refractivity contribution in [3.05, 3.63) is 23.2 Å². The topological polar surface area (TPSA) is 58.4 Å². The van der Waals surface area contributed by atoms with Crippen LogP contribution in [0.2, 0.25) is 5.02 Å². The molecule has 4 nitrogen and oxygen atoms in total. The van der Waals surface area contributed by atoms with Crippen LogP contribution in [0.4, 0.5) is 11.4 Å². The molecular weight excluding hydrogens is 262 g/mol. The Balaban J connectivity index is 2.15. The third-order valence-corrected chi connectivity index (χ3v) is 3.84. The number of benzene rings is 1. The molecule has 2 unspecified atom stereocenters. The molecule has 0 bridgehead atoms. The van der Waals surface area contributed by atoms with Crippen molar-refractivity contribution in [2.45, 2.75) is 25.3 Å². The molecule has 1 amide bonds. The van der Waals surface area contributed by atoms with E-state index < -0.39 is 0 Å². The monoisotopic (exact) mass is 281 g/mol. The van der Waals surface area contributed by atoms with E-state index in [0.29, 0.717) is 5.02 Å². The Hall–Kier alpha value is -1.26. The zero-order chi connectivity index (χ0) is 14.0. The molecule has 19 heavy (non-hydrogen) atoms. The fourth-order valence-electron chi connectivity index (χ4n) is 2.56. The molecule has 0 saturated heterocycles. The number of nitrogens with one attached hydrogen (secondary N) is 1. The van der Waals surface area contributed by atoms with Gasteiger partial charge in [-0.05, 0) is 31.4 Å². The number of hydrogen-bond donors (Lipinski definition) is 2. The fraction of sp³-hybridized carbons (Fsp3) is 0.500. The minimum absolute atomic E-state index is 0.0176. The summed E-state index contributed by atoms with van der Waals surface area (Å²) in [6.45, 7) is 0. The molecule has 1 saturated carbocycles. The number of amides is 1. The van der Waals surface area contributed by atoms with Gasteiger partial charge in [0.25, 0.3) is 0 Å². The van der Waals surface area contributed by atoms with E-state index in [2.05, 4.69) is 5.32 Å². The first-order valence-corrected chi connectivity index (χ1v) is 6.89. The minimum Gasteiger partial charge on any atom is -0.375 e. The minimum atomic E-state index is 0.0176. The van der Waals surface area contributed by atoms with Crippen molar-refractivity contribution in [2.24, 2.45) is 11.7 Å². The van der Waals surface area contributed by atoms with Crippen molar-refractivity contribution < 1.29 is 4.79 Å². The van der Waals surface area contributed by atoms with E-state index in [1.54, 1.807) is 0 Å². The van der Waals surface area contributed by atoms with Crippen molar-refractivity contribution in [2.75, 3.05) is 24.3 Å². The average molecular weight is 282 g/mol. The largest absolute Gasteiger partial charge is 0.375 e. The van der Waals surface area contributed by atoms with Crippen molar-refractivity contribution in [1.29, 1.82) is 0 Å². The van der Waals surface area contributed by atoms with E-state index in [-0.39, 0.29) is 17.9 Å². The molecule has 0 aliphatic heterocycles. The van der Waals surface area contributed by atoms with Crippen molar-refractivity contribution in [3.8, 4) is 0 Å². The number of halogens is 1. The molecule has 0 heterocycles. The van der Waals surface area contributed by atoms with Gasteiger partial charge in [-0.15, -0.1) is 0 Å². The van der Waals surface area contributed by atoms with Gasteiger partial charge in [0.2, 0.25) is 5.91 Å². The third kappa shape index (κ3) is 3.19. The predicted molar refractivity (Wildman–Crippen MR) is 79.7 cm³/mol. The Morgan fingerprint density at radius 2 is 2.16 bits per heavy atom. The first-order chi connectivity index (χ1) is 8.99. The van der Waals surface area contributed by atoms with Crippen LogP contribution in [-0.4, -0.2) is 26.0 Å². The smallest absolute Gasteiger partial charge is 0.227 e. The van der Waals surface area contributed by atoms with E-state index in [0.717, 1.165) is 30.6 Å². The first-order valence-electron chi connectivity index (χ1n) is 6.51. The van der Waals surface area contributed by atoms with Gasteiger partial charge in [-0.25, -0.2) is 0 Å². The zero-order valence-electron chi connectivity index (χ0n) is 11.3. The van der Waals surface area contributed by atoms with Gasteiger partial charge in [0.1, 0.15) is 0 Å². The molecule has 0 aromatic heterocycles. The Labute approximate surface area is 118 Å². The summed E-state index contributed by atoms with van der Waals surface area (Å²) in [7, 11) is 3.81. The van der Waals surface area contributed by atoms with Crippen molar-refractivity contribution >= 4 is 28.9 Å². The van der Waals surface area contributed by atoms with E-state index in [1.165, 1.54) is 0 Å². The molecule has 104 valence electrons. The summed E-state index contributed by atoms with van der Waals surface area (Å²) in [5, 5.41) is 3.61. The number of nitrogens with zero attached hydrogens (tertiary/aromatic N) is 1. The fourth-order valence-corrected chi connectivity index (χ4v) is 2.90. The van der Waals surface area contributed by atoms with Gasteiger partial charge in [-0.1, -0.05) is 17.7 Å². The maximum absolute atomic E-state index is 12.2. The quantitative estimate of drug-likeness (QED) is 0.895. The number of rotatable bonds is 3. The highest BCUT2D eigenvalue weighted by Crippen LogP contribution is 2.33. The SMILES string of the molecule is CN(C)c1c(Cl)cccc1NC(=O)C1CCC(N)C1. The maximum atomic E-state index is 12.2. The predicted octanol–water partition coefficient (Wildman–Crippen LogP) is 2.47. The second-order valence-corrected chi connectivity index (χ2v) is 5.70. The molecule has 1 aromatic carbocycles. The van der Waals surface area contributed by atoms with E-state index in [1.807, 2.05) is 37.2 Å². The summed E-state index contributed by atoms with van der Waals surface area (Å²) in [5.41, 5.74) is 7.44. The standard InChI is InChI=1S/C14H20ClN3O/c1-18(2)13-11(15)4-3-5-12(13)17-14(19)9-6-7-10(16)8-9/h3-5,9-10H,6-8,16H2,1-2H3,(H,17,19). The van der Waals surface area contributed by atoms with Crippen LogP contribution in [0.25, 0.3) is 0 Å². The molecular formula is C14H20ClN3O. The molecule has 5 heteroatoms. The third-order valence-electron chi connectivity index (χ3n) is 3.54. The second-order valence-electron chi connectivity index (χ2n) is 5.29. The van der Waals surface area contributed by atoms with Crippen LogP contribution in [0.3, 0.4) is 0 Å². The summed E-state index contributed by atoms with van der Waals surface area (Å²) < 4.78 is 0. The van der Waals surface area contributed by atoms with Crippen LogP contribution in [0, 0.1) is 5.92 Å². The molecule has 2 atom stereocenters. The van der Waals surface area contributed by atoms with Gasteiger partial charge in [-0.2, -0.15) is 0 Å². The van der Waals surface area contributed by atoms with Crippen LogP contribution < -0.4 is 16.0 Å². The van der Waals surface area contributed by atoms with E-state index >= 15 is 0 Å². The lowest BCUT2D eigenvalue weighted by Crippen LogP contribution is -2.24. The van der Waals surface area contributed by atoms with Gasteiger partial charge in [0.05, 0.1) is 16.4 Å². The lowest BCUT2D eigenvalue weighted by Gasteiger charge is -2.20. The van der Waals surface area contributed by atoms with Crippen molar-refractivity contribution in [3.63, 3.8) is 0 Å². The highest BCUT2D eigenvalue weighted by Gasteiger charge is 2.28. The van der Waals surface area contributed by atoms with Crippen LogP contribution >= 0.6 is 11.6 Å². The number of anilines is 2. The van der Waals surface area contributed by atoms with Gasteiger partial charge in [0, 0.05) is 26.1 Å². The molecule has 2 rings (SSSR count). The number of nitrogens with two attached hydrogens (primary N) is 1. The summed E-state index contributed by atoms with van der Waals surface area (Å²) in [6.07, 6.45) is 2.56. The summed E-state index contributed by atoms with van der Waals surface area (Å²) in [4.78, 5) is 14.1. The first kappa shape index (κ1) is 14.2. The number of hydrogen-bond acceptors (Lipinski definition) is 3. The Kier molecular flexibility index (Phi) is 4.32. The Morgan fingerprint density at radius 3 is 2.74 bits per heavy atom. The van der Waals surface area contributed by atoms with Crippen molar-refractivity contribution in [1.82, 2.24) is 0 Å². The van der Waals surface area contributed by atoms with Crippen LogP contribution in [0.1, 0.15) is 19.3 Å². The highest BCUT2D eigenvalue weighted by molar-refractivity contribution is 6.34.